The number of aromatic nitrogens is 1. The number of hydrogen-bond acceptors (Lipinski definition) is 3. The van der Waals surface area contributed by atoms with Gasteiger partial charge in [-0.2, -0.15) is 0 Å². The van der Waals surface area contributed by atoms with Crippen LogP contribution < -0.4 is 0 Å². The van der Waals surface area contributed by atoms with Crippen molar-refractivity contribution in [1.29, 1.82) is 0 Å². The SMILES string of the molecule is CC1(C)OB([C@H](Cc2cccnc2)c2ccccc2)OC1(C)C. The summed E-state index contributed by atoms with van der Waals surface area (Å²) < 4.78 is 12.6. The molecule has 1 aliphatic rings. The molecule has 3 rings (SSSR count). The summed E-state index contributed by atoms with van der Waals surface area (Å²) in [6, 6.07) is 14.5. The van der Waals surface area contributed by atoms with Crippen LogP contribution in [0, 0.1) is 0 Å². The van der Waals surface area contributed by atoms with Gasteiger partial charge in [0.1, 0.15) is 0 Å². The van der Waals surface area contributed by atoms with E-state index in [9.17, 15) is 0 Å². The van der Waals surface area contributed by atoms with E-state index in [0.29, 0.717) is 0 Å². The number of pyridine rings is 1. The zero-order valence-electron chi connectivity index (χ0n) is 14.3. The van der Waals surface area contributed by atoms with Crippen molar-refractivity contribution in [3.8, 4) is 0 Å². The molecule has 1 aromatic carbocycles. The van der Waals surface area contributed by atoms with Crippen LogP contribution >= 0.6 is 0 Å². The van der Waals surface area contributed by atoms with Gasteiger partial charge < -0.3 is 9.31 Å². The van der Waals surface area contributed by atoms with E-state index >= 15 is 0 Å². The maximum Gasteiger partial charge on any atom is 0.466 e. The van der Waals surface area contributed by atoms with Gasteiger partial charge in [0, 0.05) is 18.2 Å². The van der Waals surface area contributed by atoms with Crippen molar-refractivity contribution in [2.24, 2.45) is 0 Å². The van der Waals surface area contributed by atoms with E-state index < -0.39 is 0 Å². The molecular weight excluding hydrogens is 285 g/mol. The van der Waals surface area contributed by atoms with Crippen molar-refractivity contribution in [1.82, 2.24) is 4.98 Å². The van der Waals surface area contributed by atoms with E-state index in [-0.39, 0.29) is 24.1 Å². The molecule has 1 atom stereocenters. The molecule has 0 bridgehead atoms. The number of rotatable bonds is 4. The summed E-state index contributed by atoms with van der Waals surface area (Å²) in [7, 11) is -0.261. The fourth-order valence-electron chi connectivity index (χ4n) is 2.90. The van der Waals surface area contributed by atoms with Crippen LogP contribution in [0.1, 0.15) is 44.6 Å². The summed E-state index contributed by atoms with van der Waals surface area (Å²) in [5.74, 6) is 0.140. The lowest BCUT2D eigenvalue weighted by Gasteiger charge is -2.32. The summed E-state index contributed by atoms with van der Waals surface area (Å²) >= 11 is 0. The van der Waals surface area contributed by atoms with Crippen LogP contribution in [0.3, 0.4) is 0 Å². The first-order chi connectivity index (χ1) is 10.9. The number of hydrogen-bond donors (Lipinski definition) is 0. The lowest BCUT2D eigenvalue weighted by atomic mass is 9.65. The minimum absolute atomic E-state index is 0.140. The highest BCUT2D eigenvalue weighted by Crippen LogP contribution is 2.41. The van der Waals surface area contributed by atoms with Crippen molar-refractivity contribution in [3.05, 3.63) is 66.0 Å². The second kappa shape index (κ2) is 6.10. The molecule has 0 spiro atoms. The van der Waals surface area contributed by atoms with Crippen LogP contribution in [0.2, 0.25) is 0 Å². The lowest BCUT2D eigenvalue weighted by molar-refractivity contribution is 0.00578. The van der Waals surface area contributed by atoms with E-state index in [1.54, 1.807) is 6.20 Å². The molecule has 23 heavy (non-hydrogen) atoms. The molecule has 2 heterocycles. The molecule has 120 valence electrons. The minimum Gasteiger partial charge on any atom is -0.403 e. The molecule has 0 aliphatic carbocycles. The third-order valence-electron chi connectivity index (χ3n) is 5.01. The van der Waals surface area contributed by atoms with Crippen LogP contribution in [0.4, 0.5) is 0 Å². The van der Waals surface area contributed by atoms with E-state index in [1.807, 2.05) is 18.3 Å². The molecule has 0 saturated carbocycles. The molecule has 1 fully saturated rings. The summed E-state index contributed by atoms with van der Waals surface area (Å²) in [6.07, 6.45) is 4.56. The predicted molar refractivity (Wildman–Crippen MR) is 93.2 cm³/mol. The smallest absolute Gasteiger partial charge is 0.403 e. The predicted octanol–water partition coefficient (Wildman–Crippen LogP) is 4.04. The van der Waals surface area contributed by atoms with E-state index in [0.717, 1.165) is 6.42 Å². The fraction of sp³-hybridized carbons (Fsp3) is 0.421. The summed E-state index contributed by atoms with van der Waals surface area (Å²) in [5.41, 5.74) is 1.78. The van der Waals surface area contributed by atoms with E-state index in [4.69, 9.17) is 9.31 Å². The second-order valence-electron chi connectivity index (χ2n) is 7.21. The van der Waals surface area contributed by atoms with Crippen molar-refractivity contribution >= 4 is 7.12 Å². The highest BCUT2D eigenvalue weighted by molar-refractivity contribution is 6.47. The molecule has 1 saturated heterocycles. The summed E-state index contributed by atoms with van der Waals surface area (Å²) in [6.45, 7) is 8.39. The van der Waals surface area contributed by atoms with Gasteiger partial charge in [-0.1, -0.05) is 36.4 Å². The standard InChI is InChI=1S/C19H24BNO2/c1-18(2)19(3,4)23-20(22-18)17(16-10-6-5-7-11-16)13-15-9-8-12-21-14-15/h5-12,14,17H,13H2,1-4H3/t17-/m1/s1. The van der Waals surface area contributed by atoms with Gasteiger partial charge >= 0.3 is 7.12 Å². The Kier molecular flexibility index (Phi) is 4.30. The number of benzene rings is 1. The van der Waals surface area contributed by atoms with Gasteiger partial charge in [-0.15, -0.1) is 0 Å². The first-order valence-corrected chi connectivity index (χ1v) is 8.18. The molecule has 0 N–H and O–H groups in total. The molecule has 0 unspecified atom stereocenters. The fourth-order valence-corrected chi connectivity index (χ4v) is 2.90. The normalized spacial score (nSPS) is 20.4. The van der Waals surface area contributed by atoms with Crippen molar-refractivity contribution in [2.45, 2.75) is 51.1 Å². The van der Waals surface area contributed by atoms with Crippen molar-refractivity contribution in [3.63, 3.8) is 0 Å². The van der Waals surface area contributed by atoms with Crippen molar-refractivity contribution < 1.29 is 9.31 Å². The largest absolute Gasteiger partial charge is 0.466 e. The Bertz CT molecular complexity index is 627. The van der Waals surface area contributed by atoms with Gasteiger partial charge in [-0.25, -0.2) is 0 Å². The van der Waals surface area contributed by atoms with Crippen LogP contribution in [-0.2, 0) is 15.7 Å². The average molecular weight is 309 g/mol. The Morgan fingerprint density at radius 2 is 1.61 bits per heavy atom. The molecule has 1 aliphatic heterocycles. The third kappa shape index (κ3) is 3.33. The monoisotopic (exact) mass is 309 g/mol. The lowest BCUT2D eigenvalue weighted by Crippen LogP contribution is -2.41. The highest BCUT2D eigenvalue weighted by Gasteiger charge is 2.53. The Hall–Kier alpha value is -1.65. The maximum absolute atomic E-state index is 6.31. The van der Waals surface area contributed by atoms with Gasteiger partial charge in [0.05, 0.1) is 11.2 Å². The molecular formula is C19H24BNO2. The Morgan fingerprint density at radius 3 is 2.17 bits per heavy atom. The average Bonchev–Trinajstić information content (AvgIpc) is 2.75. The zero-order valence-corrected chi connectivity index (χ0v) is 14.3. The van der Waals surface area contributed by atoms with Gasteiger partial charge in [-0.05, 0) is 51.3 Å². The molecule has 0 radical (unpaired) electrons. The van der Waals surface area contributed by atoms with Gasteiger partial charge in [0.2, 0.25) is 0 Å². The molecule has 0 amide bonds. The molecule has 3 nitrogen and oxygen atoms in total. The summed E-state index contributed by atoms with van der Waals surface area (Å²) in [4.78, 5) is 4.23. The Labute approximate surface area is 139 Å². The van der Waals surface area contributed by atoms with E-state index in [2.05, 4.69) is 63.0 Å². The molecule has 4 heteroatoms. The third-order valence-corrected chi connectivity index (χ3v) is 5.01. The second-order valence-corrected chi connectivity index (χ2v) is 7.21. The number of nitrogens with zero attached hydrogens (tertiary/aromatic N) is 1. The summed E-state index contributed by atoms with van der Waals surface area (Å²) in [5, 5.41) is 0. The maximum atomic E-state index is 6.31. The molecule has 1 aromatic heterocycles. The van der Waals surface area contributed by atoms with E-state index in [1.165, 1.54) is 11.1 Å². The highest BCUT2D eigenvalue weighted by atomic mass is 16.7. The Morgan fingerprint density at radius 1 is 0.957 bits per heavy atom. The van der Waals surface area contributed by atoms with Gasteiger partial charge in [-0.3, -0.25) is 4.98 Å². The van der Waals surface area contributed by atoms with Crippen LogP contribution in [-0.4, -0.2) is 23.3 Å². The first kappa shape index (κ1) is 16.2. The quantitative estimate of drug-likeness (QED) is 0.799. The van der Waals surface area contributed by atoms with Crippen LogP contribution in [0.25, 0.3) is 0 Å². The topological polar surface area (TPSA) is 31.4 Å². The Balaban J connectivity index is 1.91. The minimum atomic E-state index is -0.320. The van der Waals surface area contributed by atoms with Crippen LogP contribution in [0.5, 0.6) is 0 Å². The van der Waals surface area contributed by atoms with Crippen LogP contribution in [0.15, 0.2) is 54.9 Å². The molecule has 2 aromatic rings. The van der Waals surface area contributed by atoms with Crippen molar-refractivity contribution in [2.75, 3.05) is 0 Å². The zero-order chi connectivity index (χ0) is 16.5. The van der Waals surface area contributed by atoms with Gasteiger partial charge in [0.15, 0.2) is 0 Å². The first-order valence-electron chi connectivity index (χ1n) is 8.18. The van der Waals surface area contributed by atoms with Gasteiger partial charge in [0.25, 0.3) is 0 Å².